The number of nitrogens with one attached hydrogen (secondary N) is 2. The molecule has 1 aliphatic heterocycles. The number of methoxy groups -OCH3 is 1. The van der Waals surface area contributed by atoms with Gasteiger partial charge in [0.05, 0.1) is 26.2 Å². The van der Waals surface area contributed by atoms with Gasteiger partial charge in [0.1, 0.15) is 12.7 Å². The number of rotatable bonds is 4. The van der Waals surface area contributed by atoms with E-state index in [4.69, 9.17) is 19.6 Å². The number of anilines is 1. The van der Waals surface area contributed by atoms with Crippen LogP contribution in [0.4, 0.5) is 5.82 Å². The molecule has 0 spiro atoms. The van der Waals surface area contributed by atoms with Crippen molar-refractivity contribution in [3.05, 3.63) is 78.0 Å². The minimum absolute atomic E-state index is 0.0516. The first kappa shape index (κ1) is 30.0. The van der Waals surface area contributed by atoms with E-state index in [0.29, 0.717) is 35.3 Å². The molecule has 226 valence electrons. The second kappa shape index (κ2) is 13.6. The van der Waals surface area contributed by atoms with Crippen molar-refractivity contribution in [2.24, 2.45) is 5.92 Å². The minimum atomic E-state index is -0.500. The van der Waals surface area contributed by atoms with E-state index in [0.717, 1.165) is 5.56 Å². The number of nitriles is 1. The molecule has 2 aromatic heterocycles. The molecule has 5 rings (SSSR count). The fourth-order valence-corrected chi connectivity index (χ4v) is 4.86. The standard InChI is InChI=1S/C31H33N9O4/c1-20(2)27-30-37-28(21-7-5-4-6-8-21)38-40(30)15-16-44-25-17-22(9-10-24(25)43-3)31(42)35-13-14-39(19-26(41)36-27)29-23(18-32)33-11-12-34-29/h4-12,17,20,27H,13-16,19H2,1-3H3,(H,35,42)(H,36,41)/t27-/m1/s1. The van der Waals surface area contributed by atoms with Gasteiger partial charge in [0.25, 0.3) is 5.91 Å². The van der Waals surface area contributed by atoms with Gasteiger partial charge in [-0.15, -0.1) is 0 Å². The Morgan fingerprint density at radius 2 is 1.86 bits per heavy atom. The molecule has 2 aromatic carbocycles. The van der Waals surface area contributed by atoms with Crippen LogP contribution in [0.2, 0.25) is 0 Å². The lowest BCUT2D eigenvalue weighted by Gasteiger charge is -2.26. The molecule has 0 aliphatic carbocycles. The number of carbonyl (C=O) groups excluding carboxylic acids is 2. The van der Waals surface area contributed by atoms with Crippen molar-refractivity contribution in [3.8, 4) is 29.0 Å². The van der Waals surface area contributed by atoms with Gasteiger partial charge in [-0.2, -0.15) is 10.4 Å². The van der Waals surface area contributed by atoms with Crippen LogP contribution in [-0.2, 0) is 11.3 Å². The van der Waals surface area contributed by atoms with Crippen LogP contribution in [0.15, 0.2) is 60.9 Å². The molecule has 4 aromatic rings. The predicted molar refractivity (Wildman–Crippen MR) is 161 cm³/mol. The highest BCUT2D eigenvalue weighted by atomic mass is 16.5. The van der Waals surface area contributed by atoms with Gasteiger partial charge in [-0.05, 0) is 24.1 Å². The van der Waals surface area contributed by atoms with Crippen LogP contribution in [0.3, 0.4) is 0 Å². The number of hydrogen-bond donors (Lipinski definition) is 2. The third-order valence-electron chi connectivity index (χ3n) is 7.07. The number of aromatic nitrogens is 5. The van der Waals surface area contributed by atoms with Gasteiger partial charge in [0, 0.05) is 36.6 Å². The Hall–Kier alpha value is -5.51. The number of benzene rings is 2. The maximum absolute atomic E-state index is 13.6. The Balaban J connectivity index is 1.55. The molecule has 44 heavy (non-hydrogen) atoms. The minimum Gasteiger partial charge on any atom is -0.493 e. The molecule has 13 nitrogen and oxygen atoms in total. The van der Waals surface area contributed by atoms with E-state index >= 15 is 0 Å². The van der Waals surface area contributed by atoms with Crippen LogP contribution in [0, 0.1) is 17.2 Å². The van der Waals surface area contributed by atoms with Crippen LogP contribution < -0.4 is 25.0 Å². The highest BCUT2D eigenvalue weighted by Gasteiger charge is 2.27. The van der Waals surface area contributed by atoms with Gasteiger partial charge in [-0.25, -0.2) is 19.6 Å². The third-order valence-corrected chi connectivity index (χ3v) is 7.07. The summed E-state index contributed by atoms with van der Waals surface area (Å²) in [6, 6.07) is 16.1. The summed E-state index contributed by atoms with van der Waals surface area (Å²) in [5, 5.41) is 20.4. The topological polar surface area (TPSA) is 160 Å². The van der Waals surface area contributed by atoms with E-state index in [1.807, 2.05) is 50.2 Å². The maximum atomic E-state index is 13.6. The van der Waals surface area contributed by atoms with E-state index in [9.17, 15) is 14.9 Å². The summed E-state index contributed by atoms with van der Waals surface area (Å²) < 4.78 is 13.3. The van der Waals surface area contributed by atoms with E-state index in [-0.39, 0.29) is 55.5 Å². The Bertz CT molecular complexity index is 1670. The van der Waals surface area contributed by atoms with E-state index < -0.39 is 6.04 Å². The molecule has 13 heteroatoms. The lowest BCUT2D eigenvalue weighted by Crippen LogP contribution is -2.44. The molecule has 1 aliphatic rings. The smallest absolute Gasteiger partial charge is 0.251 e. The highest BCUT2D eigenvalue weighted by Crippen LogP contribution is 2.29. The number of nitrogens with zero attached hydrogens (tertiary/aromatic N) is 7. The number of hydrogen-bond acceptors (Lipinski definition) is 10. The van der Waals surface area contributed by atoms with Crippen molar-refractivity contribution in [1.29, 1.82) is 5.26 Å². The first-order chi connectivity index (χ1) is 21.4. The average molecular weight is 596 g/mol. The zero-order valence-electron chi connectivity index (χ0n) is 24.7. The molecule has 2 amide bonds. The first-order valence-electron chi connectivity index (χ1n) is 14.2. The zero-order chi connectivity index (χ0) is 31.1. The van der Waals surface area contributed by atoms with Crippen molar-refractivity contribution in [3.63, 3.8) is 0 Å². The highest BCUT2D eigenvalue weighted by molar-refractivity contribution is 5.95. The van der Waals surface area contributed by atoms with E-state index in [1.165, 1.54) is 19.5 Å². The Kier molecular flexibility index (Phi) is 9.29. The van der Waals surface area contributed by atoms with E-state index in [2.05, 4.69) is 20.6 Å². The van der Waals surface area contributed by atoms with Crippen LogP contribution in [-0.4, -0.2) is 69.9 Å². The summed E-state index contributed by atoms with van der Waals surface area (Å²) in [6.45, 7) is 4.70. The molecule has 2 bridgehead atoms. The average Bonchev–Trinajstić information content (AvgIpc) is 3.46. The molecule has 0 saturated carbocycles. The van der Waals surface area contributed by atoms with Crippen LogP contribution in [0.25, 0.3) is 11.4 Å². The quantitative estimate of drug-likeness (QED) is 0.359. The Morgan fingerprint density at radius 3 is 2.61 bits per heavy atom. The SMILES string of the molecule is COc1ccc2cc1OCCn1nc(-c3ccccc3)nc1[C@@H](C(C)C)NC(=O)CN(c1nccnc1C#N)CCNC2=O. The number of ether oxygens (including phenoxy) is 2. The summed E-state index contributed by atoms with van der Waals surface area (Å²) in [6.07, 6.45) is 2.87. The molecular formula is C31H33N9O4. The summed E-state index contributed by atoms with van der Waals surface area (Å²) >= 11 is 0. The zero-order valence-corrected chi connectivity index (χ0v) is 24.7. The van der Waals surface area contributed by atoms with Gasteiger partial charge in [0.2, 0.25) is 5.91 Å². The van der Waals surface area contributed by atoms with Crippen LogP contribution >= 0.6 is 0 Å². The largest absolute Gasteiger partial charge is 0.493 e. The van der Waals surface area contributed by atoms with Gasteiger partial charge < -0.3 is 25.0 Å². The first-order valence-corrected chi connectivity index (χ1v) is 14.2. The molecule has 0 radical (unpaired) electrons. The summed E-state index contributed by atoms with van der Waals surface area (Å²) in [7, 11) is 1.53. The number of amides is 2. The lowest BCUT2D eigenvalue weighted by molar-refractivity contribution is -0.120. The number of carbonyl (C=O) groups is 2. The predicted octanol–water partition coefficient (Wildman–Crippen LogP) is 2.76. The summed E-state index contributed by atoms with van der Waals surface area (Å²) in [5.41, 5.74) is 1.28. The van der Waals surface area contributed by atoms with Gasteiger partial charge >= 0.3 is 0 Å². The molecule has 1 atom stereocenters. The third kappa shape index (κ3) is 6.75. The normalized spacial score (nSPS) is 16.2. The molecule has 0 fully saturated rings. The Morgan fingerprint density at radius 1 is 1.07 bits per heavy atom. The maximum Gasteiger partial charge on any atom is 0.251 e. The second-order valence-corrected chi connectivity index (χ2v) is 10.4. The molecule has 2 N–H and O–H groups in total. The van der Waals surface area contributed by atoms with Crippen molar-refractivity contribution in [2.45, 2.75) is 26.4 Å². The summed E-state index contributed by atoms with van der Waals surface area (Å²) in [4.78, 5) is 41.6. The van der Waals surface area contributed by atoms with Crippen molar-refractivity contribution in [1.82, 2.24) is 35.4 Å². The van der Waals surface area contributed by atoms with Crippen molar-refractivity contribution >= 4 is 17.6 Å². The van der Waals surface area contributed by atoms with Gasteiger partial charge in [0.15, 0.2) is 34.7 Å². The number of fused-ring (bicyclic) bond motifs is 3. The summed E-state index contributed by atoms with van der Waals surface area (Å²) in [5.74, 6) is 1.51. The van der Waals surface area contributed by atoms with Crippen molar-refractivity contribution in [2.75, 3.05) is 38.3 Å². The van der Waals surface area contributed by atoms with Crippen molar-refractivity contribution < 1.29 is 19.1 Å². The van der Waals surface area contributed by atoms with Gasteiger partial charge in [-0.1, -0.05) is 44.2 Å². The molecular weight excluding hydrogens is 562 g/mol. The molecule has 0 unspecified atom stereocenters. The van der Waals surface area contributed by atoms with E-state index in [1.54, 1.807) is 27.8 Å². The monoisotopic (exact) mass is 595 g/mol. The molecule has 0 saturated heterocycles. The molecule has 3 heterocycles. The van der Waals surface area contributed by atoms with Crippen LogP contribution in [0.1, 0.15) is 41.8 Å². The fourth-order valence-electron chi connectivity index (χ4n) is 4.86. The Labute approximate surface area is 254 Å². The lowest BCUT2D eigenvalue weighted by atomic mass is 10.0. The van der Waals surface area contributed by atoms with Crippen LogP contribution in [0.5, 0.6) is 11.5 Å². The second-order valence-electron chi connectivity index (χ2n) is 10.4. The van der Waals surface area contributed by atoms with Gasteiger partial charge in [-0.3, -0.25) is 9.59 Å². The fraction of sp³-hybridized carbons (Fsp3) is 0.323.